The van der Waals surface area contributed by atoms with Crippen molar-refractivity contribution >= 4 is 31.7 Å². The molecule has 0 saturated carbocycles. The fourth-order valence-electron chi connectivity index (χ4n) is 3.04. The number of benzene rings is 1. The zero-order valence-corrected chi connectivity index (χ0v) is 17.3. The molecule has 0 unspecified atom stereocenters. The minimum atomic E-state index is -3.13. The summed E-state index contributed by atoms with van der Waals surface area (Å²) < 4.78 is 24.0. The molecular formula is C18H23BrN4O2S. The van der Waals surface area contributed by atoms with Crippen LogP contribution in [0.25, 0.3) is 0 Å². The van der Waals surface area contributed by atoms with Crippen LogP contribution in [0.2, 0.25) is 0 Å². The van der Waals surface area contributed by atoms with E-state index in [9.17, 15) is 8.42 Å². The normalized spacial score (nSPS) is 16.6. The van der Waals surface area contributed by atoms with E-state index in [0.717, 1.165) is 48.2 Å². The van der Waals surface area contributed by atoms with Crippen molar-refractivity contribution in [1.82, 2.24) is 14.9 Å². The van der Waals surface area contributed by atoms with Gasteiger partial charge in [-0.05, 0) is 53.4 Å². The number of rotatable bonds is 5. The molecule has 2 heterocycles. The van der Waals surface area contributed by atoms with Gasteiger partial charge in [-0.2, -0.15) is 0 Å². The molecule has 8 heteroatoms. The van der Waals surface area contributed by atoms with Crippen LogP contribution in [0.5, 0.6) is 0 Å². The van der Waals surface area contributed by atoms with Gasteiger partial charge in [0.25, 0.3) is 0 Å². The minimum absolute atomic E-state index is 0.369. The van der Waals surface area contributed by atoms with E-state index in [1.165, 1.54) is 6.26 Å². The molecule has 0 aliphatic carbocycles. The number of hydrogen-bond acceptors (Lipinski definition) is 6. The van der Waals surface area contributed by atoms with E-state index in [1.54, 1.807) is 18.3 Å². The Hall–Kier alpha value is -1.51. The van der Waals surface area contributed by atoms with Crippen molar-refractivity contribution in [2.75, 3.05) is 24.7 Å². The maximum absolute atomic E-state index is 11.5. The van der Waals surface area contributed by atoms with E-state index in [2.05, 4.69) is 36.1 Å². The highest BCUT2D eigenvalue weighted by Gasteiger charge is 2.20. The van der Waals surface area contributed by atoms with Crippen LogP contribution in [0, 0.1) is 6.92 Å². The van der Waals surface area contributed by atoms with Crippen LogP contribution in [0.1, 0.15) is 24.1 Å². The molecule has 0 bridgehead atoms. The molecule has 1 N–H and O–H groups in total. The summed E-state index contributed by atoms with van der Waals surface area (Å²) in [4.78, 5) is 11.5. The Labute approximate surface area is 163 Å². The lowest BCUT2D eigenvalue weighted by atomic mass is 10.0. The first-order valence-corrected chi connectivity index (χ1v) is 11.3. The molecule has 2 aromatic rings. The summed E-state index contributed by atoms with van der Waals surface area (Å²) in [6.07, 6.45) is 5.07. The Morgan fingerprint density at radius 3 is 2.46 bits per heavy atom. The zero-order valence-electron chi connectivity index (χ0n) is 14.9. The van der Waals surface area contributed by atoms with E-state index in [4.69, 9.17) is 0 Å². The van der Waals surface area contributed by atoms with Crippen LogP contribution < -0.4 is 5.32 Å². The molecule has 1 saturated heterocycles. The van der Waals surface area contributed by atoms with Gasteiger partial charge in [0, 0.05) is 38.1 Å². The molecule has 1 aromatic carbocycles. The van der Waals surface area contributed by atoms with E-state index in [-0.39, 0.29) is 0 Å². The Bertz CT molecular complexity index is 863. The van der Waals surface area contributed by atoms with Crippen LogP contribution in [-0.2, 0) is 16.4 Å². The Kier molecular flexibility index (Phi) is 5.94. The maximum atomic E-state index is 11.5. The van der Waals surface area contributed by atoms with Crippen LogP contribution in [0.3, 0.4) is 0 Å². The third-order valence-electron chi connectivity index (χ3n) is 4.60. The largest absolute Gasteiger partial charge is 0.351 e. The van der Waals surface area contributed by atoms with Gasteiger partial charge in [0.05, 0.1) is 15.1 Å². The standard InChI is InChI=1S/C18H23BrN4O2S/c1-13-17(19)11-20-18(21-13)22-15-7-9-23(10-8-15)12-14-3-5-16(6-4-14)26(2,24)25/h3-6,11,15H,7-10,12H2,1-2H3,(H,20,21,22). The van der Waals surface area contributed by atoms with Gasteiger partial charge in [-0.3, -0.25) is 4.90 Å². The van der Waals surface area contributed by atoms with Crippen LogP contribution in [0.15, 0.2) is 39.8 Å². The molecule has 1 fully saturated rings. The van der Waals surface area contributed by atoms with Crippen molar-refractivity contribution in [2.24, 2.45) is 0 Å². The van der Waals surface area contributed by atoms with Crippen LogP contribution >= 0.6 is 15.9 Å². The predicted molar refractivity (Wildman–Crippen MR) is 106 cm³/mol. The van der Waals surface area contributed by atoms with Gasteiger partial charge in [-0.15, -0.1) is 0 Å². The van der Waals surface area contributed by atoms with Gasteiger partial charge < -0.3 is 5.32 Å². The van der Waals surface area contributed by atoms with Crippen molar-refractivity contribution in [2.45, 2.75) is 37.2 Å². The summed E-state index contributed by atoms with van der Waals surface area (Å²) in [6.45, 7) is 4.77. The molecule has 6 nitrogen and oxygen atoms in total. The fourth-order valence-corrected chi connectivity index (χ4v) is 3.86. The monoisotopic (exact) mass is 438 g/mol. The second-order valence-corrected chi connectivity index (χ2v) is 9.61. The molecular weight excluding hydrogens is 416 g/mol. The van der Waals surface area contributed by atoms with Gasteiger partial charge in [0.1, 0.15) is 0 Å². The summed E-state index contributed by atoms with van der Waals surface area (Å²) in [6, 6.07) is 7.55. The number of likely N-dealkylation sites (tertiary alicyclic amines) is 1. The number of nitrogens with zero attached hydrogens (tertiary/aromatic N) is 3. The van der Waals surface area contributed by atoms with Crippen molar-refractivity contribution in [3.63, 3.8) is 0 Å². The SMILES string of the molecule is Cc1nc(NC2CCN(Cc3ccc(S(C)(=O)=O)cc3)CC2)ncc1Br. The molecule has 1 aliphatic heterocycles. The van der Waals surface area contributed by atoms with Gasteiger partial charge in [0.15, 0.2) is 9.84 Å². The van der Waals surface area contributed by atoms with Gasteiger partial charge in [0.2, 0.25) is 5.95 Å². The van der Waals surface area contributed by atoms with Crippen molar-refractivity contribution < 1.29 is 8.42 Å². The lowest BCUT2D eigenvalue weighted by Gasteiger charge is -2.32. The minimum Gasteiger partial charge on any atom is -0.351 e. The smallest absolute Gasteiger partial charge is 0.223 e. The summed E-state index contributed by atoms with van der Waals surface area (Å²) in [5.41, 5.74) is 2.06. The fraction of sp³-hybridized carbons (Fsp3) is 0.444. The molecule has 1 aromatic heterocycles. The van der Waals surface area contributed by atoms with E-state index >= 15 is 0 Å². The summed E-state index contributed by atoms with van der Waals surface area (Å²) in [7, 11) is -3.13. The number of sulfone groups is 1. The van der Waals surface area contributed by atoms with E-state index < -0.39 is 9.84 Å². The average molecular weight is 439 g/mol. The van der Waals surface area contributed by atoms with Gasteiger partial charge in [-0.1, -0.05) is 12.1 Å². The predicted octanol–water partition coefficient (Wildman–Crippen LogP) is 3.03. The third-order valence-corrected chi connectivity index (χ3v) is 6.50. The molecule has 26 heavy (non-hydrogen) atoms. The number of nitrogens with one attached hydrogen (secondary N) is 1. The zero-order chi connectivity index (χ0) is 18.7. The van der Waals surface area contributed by atoms with Crippen LogP contribution in [0.4, 0.5) is 5.95 Å². The Morgan fingerprint density at radius 2 is 1.88 bits per heavy atom. The number of piperidine rings is 1. The first-order chi connectivity index (χ1) is 12.3. The second kappa shape index (κ2) is 8.02. The summed E-state index contributed by atoms with van der Waals surface area (Å²) in [5, 5.41) is 3.42. The van der Waals surface area contributed by atoms with Crippen molar-refractivity contribution in [3.8, 4) is 0 Å². The van der Waals surface area contributed by atoms with E-state index in [0.29, 0.717) is 16.9 Å². The molecule has 3 rings (SSSR count). The second-order valence-electron chi connectivity index (χ2n) is 6.74. The first kappa shape index (κ1) is 19.3. The van der Waals surface area contributed by atoms with Gasteiger partial charge in [-0.25, -0.2) is 18.4 Å². The third kappa shape index (κ3) is 5.02. The van der Waals surface area contributed by atoms with Crippen LogP contribution in [-0.4, -0.2) is 48.7 Å². The first-order valence-electron chi connectivity index (χ1n) is 8.58. The lowest BCUT2D eigenvalue weighted by molar-refractivity contribution is 0.211. The summed E-state index contributed by atoms with van der Waals surface area (Å²) >= 11 is 3.42. The molecule has 1 aliphatic rings. The molecule has 0 atom stereocenters. The molecule has 0 amide bonds. The number of halogens is 1. The Balaban J connectivity index is 1.51. The van der Waals surface area contributed by atoms with Crippen molar-refractivity contribution in [1.29, 1.82) is 0 Å². The topological polar surface area (TPSA) is 75.2 Å². The summed E-state index contributed by atoms with van der Waals surface area (Å²) in [5.74, 6) is 0.681. The Morgan fingerprint density at radius 1 is 1.23 bits per heavy atom. The van der Waals surface area contributed by atoms with Crippen molar-refractivity contribution in [3.05, 3.63) is 46.2 Å². The number of anilines is 1. The van der Waals surface area contributed by atoms with Gasteiger partial charge >= 0.3 is 0 Å². The maximum Gasteiger partial charge on any atom is 0.223 e. The number of aryl methyl sites for hydroxylation is 1. The lowest BCUT2D eigenvalue weighted by Crippen LogP contribution is -2.39. The molecule has 140 valence electrons. The average Bonchev–Trinajstić information content (AvgIpc) is 2.60. The highest BCUT2D eigenvalue weighted by Crippen LogP contribution is 2.19. The molecule has 0 spiro atoms. The quantitative estimate of drug-likeness (QED) is 0.772. The molecule has 0 radical (unpaired) electrons. The highest BCUT2D eigenvalue weighted by atomic mass is 79.9. The highest BCUT2D eigenvalue weighted by molar-refractivity contribution is 9.10. The van der Waals surface area contributed by atoms with E-state index in [1.807, 2.05) is 19.1 Å². The number of hydrogen-bond donors (Lipinski definition) is 1. The number of aromatic nitrogens is 2.